The van der Waals surface area contributed by atoms with Crippen LogP contribution in [0.15, 0.2) is 35.2 Å². The molecule has 0 bridgehead atoms. The summed E-state index contributed by atoms with van der Waals surface area (Å²) in [6.45, 7) is 4.52. The van der Waals surface area contributed by atoms with Gasteiger partial charge in [-0.1, -0.05) is 23.4 Å². The van der Waals surface area contributed by atoms with Crippen LogP contribution in [0.4, 0.5) is 0 Å². The van der Waals surface area contributed by atoms with E-state index in [0.717, 1.165) is 37.6 Å². The molecule has 0 fully saturated rings. The number of rotatable bonds is 6. The Balaban J connectivity index is 1.65. The fourth-order valence-electron chi connectivity index (χ4n) is 2.28. The lowest BCUT2D eigenvalue weighted by Gasteiger charge is -2.00. The second-order valence-electron chi connectivity index (χ2n) is 4.55. The maximum atomic E-state index is 4.70. The molecule has 0 radical (unpaired) electrons. The number of benzene rings is 1. The van der Waals surface area contributed by atoms with Crippen molar-refractivity contribution < 1.29 is 4.52 Å². The van der Waals surface area contributed by atoms with Crippen LogP contribution >= 0.6 is 0 Å². The molecule has 1 aromatic carbocycles. The summed E-state index contributed by atoms with van der Waals surface area (Å²) in [5.41, 5.74) is 2.26. The van der Waals surface area contributed by atoms with E-state index in [4.69, 9.17) is 4.52 Å². The van der Waals surface area contributed by atoms with Gasteiger partial charge in [-0.25, -0.2) is 0 Å². The number of nitrogens with one attached hydrogen (secondary N) is 1. The van der Waals surface area contributed by atoms with Crippen LogP contribution in [0.25, 0.3) is 10.9 Å². The minimum Gasteiger partial charge on any atom is -0.343 e. The van der Waals surface area contributed by atoms with Crippen LogP contribution in [-0.2, 0) is 19.5 Å². The van der Waals surface area contributed by atoms with Gasteiger partial charge in [0.05, 0.1) is 11.2 Å². The summed E-state index contributed by atoms with van der Waals surface area (Å²) in [5, 5.41) is 13.0. The lowest BCUT2D eigenvalue weighted by atomic mass is 10.2. The third kappa shape index (κ3) is 2.55. The van der Waals surface area contributed by atoms with Crippen LogP contribution in [-0.4, -0.2) is 26.5 Å². The Morgan fingerprint density at radius 2 is 2.20 bits per heavy atom. The number of para-hydroxylation sites is 1. The number of hydrogen-bond acceptors (Lipinski definition) is 5. The molecular formula is C14H17N5O. The Hall–Kier alpha value is -2.21. The van der Waals surface area contributed by atoms with E-state index in [1.54, 1.807) is 0 Å². The van der Waals surface area contributed by atoms with Crippen LogP contribution in [0.2, 0.25) is 0 Å². The van der Waals surface area contributed by atoms with E-state index in [-0.39, 0.29) is 0 Å². The van der Waals surface area contributed by atoms with Crippen LogP contribution in [0.5, 0.6) is 0 Å². The molecule has 6 nitrogen and oxygen atoms in total. The average molecular weight is 271 g/mol. The second-order valence-corrected chi connectivity index (χ2v) is 4.55. The zero-order valence-electron chi connectivity index (χ0n) is 11.4. The van der Waals surface area contributed by atoms with Gasteiger partial charge in [0.2, 0.25) is 6.39 Å². The minimum atomic E-state index is 0.724. The van der Waals surface area contributed by atoms with Crippen molar-refractivity contribution in [3.8, 4) is 0 Å². The number of fused-ring (bicyclic) bond motifs is 1. The van der Waals surface area contributed by atoms with E-state index >= 15 is 0 Å². The van der Waals surface area contributed by atoms with Gasteiger partial charge in [-0.3, -0.25) is 4.68 Å². The van der Waals surface area contributed by atoms with Crippen molar-refractivity contribution in [1.82, 2.24) is 25.2 Å². The molecule has 0 amide bonds. The van der Waals surface area contributed by atoms with Crippen molar-refractivity contribution >= 4 is 10.9 Å². The highest BCUT2D eigenvalue weighted by molar-refractivity contribution is 5.81. The van der Waals surface area contributed by atoms with Gasteiger partial charge in [-0.2, -0.15) is 10.1 Å². The fourth-order valence-corrected chi connectivity index (χ4v) is 2.28. The van der Waals surface area contributed by atoms with Gasteiger partial charge in [0.15, 0.2) is 5.82 Å². The lowest BCUT2D eigenvalue weighted by molar-refractivity contribution is 0.409. The van der Waals surface area contributed by atoms with E-state index < -0.39 is 0 Å². The third-order valence-corrected chi connectivity index (χ3v) is 3.26. The molecule has 0 aliphatic carbocycles. The summed E-state index contributed by atoms with van der Waals surface area (Å²) < 4.78 is 6.73. The standard InChI is InChI=1S/C14H17N5O/c1-2-19-13-6-4-3-5-11(13)12(17-19)9-15-8-7-14-16-10-20-18-14/h3-6,10,15H,2,7-9H2,1H3. The van der Waals surface area contributed by atoms with Crippen LogP contribution < -0.4 is 5.32 Å². The van der Waals surface area contributed by atoms with Crippen molar-refractivity contribution in [2.75, 3.05) is 6.54 Å². The van der Waals surface area contributed by atoms with Crippen LogP contribution in [0, 0.1) is 0 Å². The summed E-state index contributed by atoms with van der Waals surface area (Å²) in [6.07, 6.45) is 2.11. The quantitative estimate of drug-likeness (QED) is 0.692. The number of aryl methyl sites for hydroxylation is 1. The molecule has 2 heterocycles. The molecule has 0 aliphatic rings. The van der Waals surface area contributed by atoms with Gasteiger partial charge in [0.1, 0.15) is 0 Å². The highest BCUT2D eigenvalue weighted by Crippen LogP contribution is 2.18. The number of nitrogens with zero attached hydrogens (tertiary/aromatic N) is 4. The zero-order valence-corrected chi connectivity index (χ0v) is 11.4. The molecule has 3 rings (SSSR count). The normalized spacial score (nSPS) is 11.2. The van der Waals surface area contributed by atoms with Crippen LogP contribution in [0.3, 0.4) is 0 Å². The fraction of sp³-hybridized carbons (Fsp3) is 0.357. The molecule has 20 heavy (non-hydrogen) atoms. The first kappa shape index (κ1) is 12.8. The molecule has 0 aliphatic heterocycles. The molecule has 0 atom stereocenters. The minimum absolute atomic E-state index is 0.724. The van der Waals surface area contributed by atoms with Gasteiger partial charge in [-0.05, 0) is 13.0 Å². The topological polar surface area (TPSA) is 68.8 Å². The van der Waals surface area contributed by atoms with Crippen LogP contribution in [0.1, 0.15) is 18.4 Å². The van der Waals surface area contributed by atoms with Gasteiger partial charge >= 0.3 is 0 Å². The first-order chi connectivity index (χ1) is 9.88. The molecule has 0 saturated carbocycles. The molecule has 3 aromatic rings. The van der Waals surface area contributed by atoms with Gasteiger partial charge in [0, 0.05) is 31.4 Å². The van der Waals surface area contributed by atoms with Crippen molar-refractivity contribution in [3.63, 3.8) is 0 Å². The lowest BCUT2D eigenvalue weighted by Crippen LogP contribution is -2.17. The SMILES string of the molecule is CCn1nc(CNCCc2ncon2)c2ccccc21. The van der Waals surface area contributed by atoms with Gasteiger partial charge in [0.25, 0.3) is 0 Å². The molecule has 1 N–H and O–H groups in total. The molecule has 104 valence electrons. The molecular weight excluding hydrogens is 254 g/mol. The first-order valence-electron chi connectivity index (χ1n) is 6.79. The summed E-state index contributed by atoms with van der Waals surface area (Å²) >= 11 is 0. The maximum Gasteiger partial charge on any atom is 0.213 e. The Labute approximate surface area is 116 Å². The van der Waals surface area contributed by atoms with Crippen molar-refractivity contribution in [3.05, 3.63) is 42.2 Å². The van der Waals surface area contributed by atoms with E-state index in [1.807, 2.05) is 16.8 Å². The monoisotopic (exact) mass is 271 g/mol. The highest BCUT2D eigenvalue weighted by atomic mass is 16.5. The number of hydrogen-bond donors (Lipinski definition) is 1. The van der Waals surface area contributed by atoms with Crippen molar-refractivity contribution in [1.29, 1.82) is 0 Å². The Kier molecular flexibility index (Phi) is 3.73. The summed E-state index contributed by atoms with van der Waals surface area (Å²) in [6, 6.07) is 8.32. The largest absolute Gasteiger partial charge is 0.343 e. The van der Waals surface area contributed by atoms with Gasteiger partial charge < -0.3 is 9.84 Å². The maximum absolute atomic E-state index is 4.70. The molecule has 0 saturated heterocycles. The molecule has 0 spiro atoms. The van der Waals surface area contributed by atoms with E-state index in [9.17, 15) is 0 Å². The molecule has 0 unspecified atom stereocenters. The molecule has 2 aromatic heterocycles. The third-order valence-electron chi connectivity index (χ3n) is 3.26. The predicted molar refractivity (Wildman–Crippen MR) is 75.1 cm³/mol. The second kappa shape index (κ2) is 5.83. The van der Waals surface area contributed by atoms with E-state index in [1.165, 1.54) is 17.3 Å². The summed E-state index contributed by atoms with van der Waals surface area (Å²) in [4.78, 5) is 3.99. The molecule has 6 heteroatoms. The predicted octanol–water partition coefficient (Wildman–Crippen LogP) is 1.77. The first-order valence-corrected chi connectivity index (χ1v) is 6.79. The zero-order chi connectivity index (χ0) is 13.8. The Morgan fingerprint density at radius 3 is 3.00 bits per heavy atom. The highest BCUT2D eigenvalue weighted by Gasteiger charge is 2.08. The summed E-state index contributed by atoms with van der Waals surface area (Å²) in [5.74, 6) is 0.724. The van der Waals surface area contributed by atoms with E-state index in [0.29, 0.717) is 0 Å². The summed E-state index contributed by atoms with van der Waals surface area (Å²) in [7, 11) is 0. The average Bonchev–Trinajstić information content (AvgIpc) is 3.11. The number of aromatic nitrogens is 4. The Morgan fingerprint density at radius 1 is 1.30 bits per heavy atom. The van der Waals surface area contributed by atoms with E-state index in [2.05, 4.69) is 39.6 Å². The van der Waals surface area contributed by atoms with Gasteiger partial charge in [-0.15, -0.1) is 0 Å². The van der Waals surface area contributed by atoms with Crippen molar-refractivity contribution in [2.45, 2.75) is 26.4 Å². The smallest absolute Gasteiger partial charge is 0.213 e. The Bertz CT molecular complexity index is 674. The van der Waals surface area contributed by atoms with Crippen molar-refractivity contribution in [2.24, 2.45) is 0 Å².